The van der Waals surface area contributed by atoms with Gasteiger partial charge >= 0.3 is 5.97 Å². The van der Waals surface area contributed by atoms with Crippen LogP contribution in [0.1, 0.15) is 21.6 Å². The fourth-order valence-electron chi connectivity index (χ4n) is 2.38. The van der Waals surface area contributed by atoms with E-state index in [2.05, 4.69) is 10.2 Å². The van der Waals surface area contributed by atoms with Crippen LogP contribution in [0, 0.1) is 6.92 Å². The van der Waals surface area contributed by atoms with Gasteiger partial charge in [0.15, 0.2) is 0 Å². The molecule has 0 unspecified atom stereocenters. The van der Waals surface area contributed by atoms with Crippen molar-refractivity contribution in [2.24, 2.45) is 7.05 Å². The number of benzene rings is 1. The van der Waals surface area contributed by atoms with Crippen molar-refractivity contribution in [1.29, 1.82) is 0 Å². The van der Waals surface area contributed by atoms with Crippen LogP contribution in [0.4, 0.5) is 0 Å². The minimum Gasteiger partial charge on any atom is -0.478 e. The lowest BCUT2D eigenvalue weighted by Gasteiger charge is -2.06. The number of hydrogen-bond donors (Lipinski definition) is 1. The Kier molecular flexibility index (Phi) is 3.50. The summed E-state index contributed by atoms with van der Waals surface area (Å²) >= 11 is 0. The lowest BCUT2D eigenvalue weighted by molar-refractivity contribution is 0.0695. The summed E-state index contributed by atoms with van der Waals surface area (Å²) in [6.07, 6.45) is 3.63. The van der Waals surface area contributed by atoms with Gasteiger partial charge in [0.05, 0.1) is 24.0 Å². The third-order valence-corrected chi connectivity index (χ3v) is 3.73. The number of aromatic carboxylic acids is 1. The first kappa shape index (κ1) is 14.1. The van der Waals surface area contributed by atoms with Gasteiger partial charge in [0.2, 0.25) is 0 Å². The van der Waals surface area contributed by atoms with Gasteiger partial charge in [-0.05, 0) is 24.6 Å². The van der Waals surface area contributed by atoms with E-state index in [-0.39, 0.29) is 0 Å². The van der Waals surface area contributed by atoms with Gasteiger partial charge in [-0.2, -0.15) is 10.2 Å². The third-order valence-electron chi connectivity index (χ3n) is 3.73. The smallest absolute Gasteiger partial charge is 0.336 e. The summed E-state index contributed by atoms with van der Waals surface area (Å²) in [6.45, 7) is 2.41. The molecule has 0 saturated carbocycles. The predicted molar refractivity (Wildman–Crippen MR) is 81.7 cm³/mol. The Hall–Kier alpha value is -2.89. The van der Waals surface area contributed by atoms with E-state index in [1.165, 1.54) is 0 Å². The number of aryl methyl sites for hydroxylation is 1. The molecule has 3 aromatic rings. The lowest BCUT2D eigenvalue weighted by Crippen LogP contribution is -2.07. The van der Waals surface area contributed by atoms with Crippen molar-refractivity contribution in [2.75, 3.05) is 0 Å². The van der Waals surface area contributed by atoms with Crippen molar-refractivity contribution in [1.82, 2.24) is 19.6 Å². The molecule has 0 spiro atoms. The molecule has 0 aliphatic heterocycles. The van der Waals surface area contributed by atoms with Crippen molar-refractivity contribution in [3.05, 3.63) is 59.5 Å². The summed E-state index contributed by atoms with van der Waals surface area (Å²) in [5, 5.41) is 18.0. The Morgan fingerprint density at radius 2 is 2.05 bits per heavy atom. The number of carboxylic acid groups (broad SMARTS) is 1. The molecule has 0 saturated heterocycles. The van der Waals surface area contributed by atoms with Gasteiger partial charge in [0.25, 0.3) is 0 Å². The van der Waals surface area contributed by atoms with Crippen LogP contribution in [0.15, 0.2) is 42.7 Å². The summed E-state index contributed by atoms with van der Waals surface area (Å²) in [4.78, 5) is 11.2. The molecule has 0 atom stereocenters. The van der Waals surface area contributed by atoms with Crippen molar-refractivity contribution in [3.8, 4) is 11.3 Å². The molecule has 1 aromatic carbocycles. The topological polar surface area (TPSA) is 72.9 Å². The minimum atomic E-state index is -0.925. The number of carboxylic acids is 1. The lowest BCUT2D eigenvalue weighted by atomic mass is 10.1. The standard InChI is InChI=1S/C16H16N4O2/c1-11-14(9-17-19(11)2)15-7-8-20(18-15)10-12-5-3-4-6-13(12)16(21)22/h3-9H,10H2,1-2H3,(H,21,22). The Morgan fingerprint density at radius 1 is 1.27 bits per heavy atom. The quantitative estimate of drug-likeness (QED) is 0.802. The van der Waals surface area contributed by atoms with Gasteiger partial charge in [-0.3, -0.25) is 9.36 Å². The van der Waals surface area contributed by atoms with E-state index >= 15 is 0 Å². The highest BCUT2D eigenvalue weighted by molar-refractivity contribution is 5.89. The molecule has 0 fully saturated rings. The monoisotopic (exact) mass is 296 g/mol. The zero-order valence-electron chi connectivity index (χ0n) is 12.4. The number of hydrogen-bond acceptors (Lipinski definition) is 3. The van der Waals surface area contributed by atoms with Gasteiger partial charge in [0.1, 0.15) is 0 Å². The van der Waals surface area contributed by atoms with Crippen LogP contribution in [0.5, 0.6) is 0 Å². The summed E-state index contributed by atoms with van der Waals surface area (Å²) in [7, 11) is 1.89. The molecule has 2 heterocycles. The molecule has 0 radical (unpaired) electrons. The second kappa shape index (κ2) is 5.48. The second-order valence-electron chi connectivity index (χ2n) is 5.13. The van der Waals surface area contributed by atoms with E-state index in [1.807, 2.05) is 32.3 Å². The Balaban J connectivity index is 1.90. The highest BCUT2D eigenvalue weighted by atomic mass is 16.4. The highest BCUT2D eigenvalue weighted by Gasteiger charge is 2.12. The van der Waals surface area contributed by atoms with Crippen molar-refractivity contribution in [3.63, 3.8) is 0 Å². The van der Waals surface area contributed by atoms with Crippen molar-refractivity contribution in [2.45, 2.75) is 13.5 Å². The summed E-state index contributed by atoms with van der Waals surface area (Å²) in [5.74, 6) is -0.925. The zero-order chi connectivity index (χ0) is 15.7. The average Bonchev–Trinajstić information content (AvgIpc) is 3.07. The van der Waals surface area contributed by atoms with Crippen LogP contribution < -0.4 is 0 Å². The molecule has 112 valence electrons. The van der Waals surface area contributed by atoms with Crippen molar-refractivity contribution >= 4 is 5.97 Å². The van der Waals surface area contributed by atoms with Gasteiger partial charge < -0.3 is 5.11 Å². The SMILES string of the molecule is Cc1c(-c2ccn(Cc3ccccc3C(=O)O)n2)cnn1C. The van der Waals surface area contributed by atoms with E-state index in [0.29, 0.717) is 12.1 Å². The normalized spacial score (nSPS) is 10.8. The van der Waals surface area contributed by atoms with Gasteiger partial charge in [-0.15, -0.1) is 0 Å². The summed E-state index contributed by atoms with van der Waals surface area (Å²) < 4.78 is 3.54. The largest absolute Gasteiger partial charge is 0.478 e. The zero-order valence-corrected chi connectivity index (χ0v) is 12.4. The van der Waals surface area contributed by atoms with Crippen molar-refractivity contribution < 1.29 is 9.90 Å². The predicted octanol–water partition coefficient (Wildman–Crippen LogP) is 2.34. The van der Waals surface area contributed by atoms with Crippen LogP contribution >= 0.6 is 0 Å². The Bertz CT molecular complexity index is 832. The number of carbonyl (C=O) groups is 1. The Morgan fingerprint density at radius 3 is 2.73 bits per heavy atom. The Labute approximate surface area is 127 Å². The second-order valence-corrected chi connectivity index (χ2v) is 5.13. The van der Waals surface area contributed by atoms with E-state index in [1.54, 1.807) is 33.8 Å². The third kappa shape index (κ3) is 2.50. The van der Waals surface area contributed by atoms with Crippen LogP contribution in [-0.2, 0) is 13.6 Å². The van der Waals surface area contributed by atoms with Crippen LogP contribution in [0.2, 0.25) is 0 Å². The minimum absolute atomic E-state index is 0.303. The maximum Gasteiger partial charge on any atom is 0.336 e. The van der Waals surface area contributed by atoms with E-state index < -0.39 is 5.97 Å². The molecule has 6 nitrogen and oxygen atoms in total. The first-order valence-corrected chi connectivity index (χ1v) is 6.90. The fourth-order valence-corrected chi connectivity index (χ4v) is 2.38. The van der Waals surface area contributed by atoms with Gasteiger partial charge in [-0.1, -0.05) is 18.2 Å². The average molecular weight is 296 g/mol. The number of aromatic nitrogens is 4. The maximum atomic E-state index is 11.2. The molecule has 0 aliphatic rings. The summed E-state index contributed by atoms with van der Waals surface area (Å²) in [6, 6.07) is 8.87. The summed E-state index contributed by atoms with van der Waals surface area (Å²) in [5.41, 5.74) is 3.88. The first-order valence-electron chi connectivity index (χ1n) is 6.90. The molecule has 0 amide bonds. The van der Waals surface area contributed by atoms with Crippen LogP contribution in [0.3, 0.4) is 0 Å². The molecule has 22 heavy (non-hydrogen) atoms. The highest BCUT2D eigenvalue weighted by Crippen LogP contribution is 2.21. The van der Waals surface area contributed by atoms with Crippen LogP contribution in [-0.4, -0.2) is 30.6 Å². The van der Waals surface area contributed by atoms with E-state index in [0.717, 1.165) is 22.5 Å². The van der Waals surface area contributed by atoms with E-state index in [9.17, 15) is 9.90 Å². The number of nitrogens with zero attached hydrogens (tertiary/aromatic N) is 4. The van der Waals surface area contributed by atoms with Gasteiger partial charge in [-0.25, -0.2) is 4.79 Å². The molecular weight excluding hydrogens is 280 g/mol. The van der Waals surface area contributed by atoms with Crippen LogP contribution in [0.25, 0.3) is 11.3 Å². The molecule has 1 N–H and O–H groups in total. The molecule has 2 aromatic heterocycles. The molecule has 0 bridgehead atoms. The molecule has 6 heteroatoms. The fraction of sp³-hybridized carbons (Fsp3) is 0.188. The van der Waals surface area contributed by atoms with E-state index in [4.69, 9.17) is 0 Å². The molecular formula is C16H16N4O2. The number of rotatable bonds is 4. The maximum absolute atomic E-state index is 11.2. The molecule has 3 rings (SSSR count). The first-order chi connectivity index (χ1) is 10.6. The van der Waals surface area contributed by atoms with Gasteiger partial charge in [0, 0.05) is 24.5 Å². The molecule has 0 aliphatic carbocycles.